The first-order chi connectivity index (χ1) is 9.82. The molecule has 116 valence electrons. The highest BCUT2D eigenvalue weighted by Crippen LogP contribution is 2.28. The van der Waals surface area contributed by atoms with Crippen LogP contribution in [0.5, 0.6) is 0 Å². The van der Waals surface area contributed by atoms with E-state index in [2.05, 4.69) is 0 Å². The lowest BCUT2D eigenvalue weighted by atomic mass is 10.1. The Kier molecular flexibility index (Phi) is 4.91. The van der Waals surface area contributed by atoms with E-state index in [4.69, 9.17) is 16.7 Å². The van der Waals surface area contributed by atoms with Crippen molar-refractivity contribution in [2.24, 2.45) is 5.92 Å². The van der Waals surface area contributed by atoms with E-state index in [1.807, 2.05) is 0 Å². The van der Waals surface area contributed by atoms with Crippen molar-refractivity contribution in [3.05, 3.63) is 28.8 Å². The average Bonchev–Trinajstić information content (AvgIpc) is 2.90. The van der Waals surface area contributed by atoms with Crippen molar-refractivity contribution < 1.29 is 18.3 Å². The molecule has 0 bridgehead atoms. The molecular weight excluding hydrogens is 314 g/mol. The molecule has 1 aliphatic rings. The number of hydrogen-bond acceptors (Lipinski definition) is 3. The number of carbonyl (C=O) groups is 1. The molecule has 1 saturated carbocycles. The van der Waals surface area contributed by atoms with Crippen LogP contribution in [0.4, 0.5) is 0 Å². The molecule has 1 N–H and O–H groups in total. The minimum Gasteiger partial charge on any atom is -0.478 e. The standard InChI is InChI=1S/C14H18ClNO4S/c1-16(9-10-4-2-3-5-10)21(19,20)11-6-7-12(14(17)18)13(15)8-11/h6-8,10H,2-5,9H2,1H3,(H,17,18). The number of aromatic carboxylic acids is 1. The second kappa shape index (κ2) is 6.34. The van der Waals surface area contributed by atoms with Crippen molar-refractivity contribution in [3.8, 4) is 0 Å². The maximum Gasteiger partial charge on any atom is 0.337 e. The van der Waals surface area contributed by atoms with Crippen molar-refractivity contribution >= 4 is 27.6 Å². The predicted molar refractivity (Wildman–Crippen MR) is 80.2 cm³/mol. The number of carboxylic acids is 1. The van der Waals surface area contributed by atoms with E-state index in [1.165, 1.54) is 22.5 Å². The molecule has 1 fully saturated rings. The fraction of sp³-hybridized carbons (Fsp3) is 0.500. The number of carboxylic acid groups (broad SMARTS) is 1. The van der Waals surface area contributed by atoms with Gasteiger partial charge in [-0.15, -0.1) is 0 Å². The van der Waals surface area contributed by atoms with Gasteiger partial charge in [-0.25, -0.2) is 17.5 Å². The molecule has 0 amide bonds. The largest absolute Gasteiger partial charge is 0.478 e. The summed E-state index contributed by atoms with van der Waals surface area (Å²) >= 11 is 5.84. The molecule has 0 radical (unpaired) electrons. The van der Waals surface area contributed by atoms with Gasteiger partial charge in [0.2, 0.25) is 10.0 Å². The van der Waals surface area contributed by atoms with Gasteiger partial charge >= 0.3 is 5.97 Å². The first kappa shape index (κ1) is 16.3. The van der Waals surface area contributed by atoms with Crippen molar-refractivity contribution in [2.45, 2.75) is 30.6 Å². The quantitative estimate of drug-likeness (QED) is 0.900. The van der Waals surface area contributed by atoms with Crippen LogP contribution >= 0.6 is 11.6 Å². The molecule has 0 saturated heterocycles. The number of hydrogen-bond donors (Lipinski definition) is 1. The van der Waals surface area contributed by atoms with Crippen LogP contribution in [0.1, 0.15) is 36.0 Å². The third-order valence-corrected chi connectivity index (χ3v) is 6.00. The lowest BCUT2D eigenvalue weighted by Crippen LogP contribution is -2.31. The molecule has 2 rings (SSSR count). The molecule has 0 atom stereocenters. The van der Waals surface area contributed by atoms with Gasteiger partial charge in [0.15, 0.2) is 0 Å². The minimum absolute atomic E-state index is 0.0259. The van der Waals surface area contributed by atoms with Crippen molar-refractivity contribution in [2.75, 3.05) is 13.6 Å². The van der Waals surface area contributed by atoms with Crippen LogP contribution in [0, 0.1) is 5.92 Å². The van der Waals surface area contributed by atoms with E-state index >= 15 is 0 Å². The zero-order valence-electron chi connectivity index (χ0n) is 11.8. The van der Waals surface area contributed by atoms with Crippen LogP contribution < -0.4 is 0 Å². The Bertz CT molecular complexity index is 638. The monoisotopic (exact) mass is 331 g/mol. The maximum absolute atomic E-state index is 12.5. The van der Waals surface area contributed by atoms with Gasteiger partial charge in [0, 0.05) is 13.6 Å². The summed E-state index contributed by atoms with van der Waals surface area (Å²) in [4.78, 5) is 10.9. The van der Waals surface area contributed by atoms with Gasteiger partial charge in [0.05, 0.1) is 15.5 Å². The molecular formula is C14H18ClNO4S. The maximum atomic E-state index is 12.5. The van der Waals surface area contributed by atoms with E-state index in [0.717, 1.165) is 25.7 Å². The molecule has 1 aromatic carbocycles. The molecule has 0 aromatic heterocycles. The zero-order chi connectivity index (χ0) is 15.6. The van der Waals surface area contributed by atoms with Gasteiger partial charge in [0.1, 0.15) is 0 Å². The van der Waals surface area contributed by atoms with E-state index in [0.29, 0.717) is 12.5 Å². The molecule has 0 heterocycles. The zero-order valence-corrected chi connectivity index (χ0v) is 13.3. The highest BCUT2D eigenvalue weighted by Gasteiger charge is 2.26. The lowest BCUT2D eigenvalue weighted by Gasteiger charge is -2.21. The third-order valence-electron chi connectivity index (χ3n) is 3.87. The second-order valence-electron chi connectivity index (χ2n) is 5.38. The Hall–Kier alpha value is -1.11. The smallest absolute Gasteiger partial charge is 0.337 e. The summed E-state index contributed by atoms with van der Waals surface area (Å²) in [5, 5.41) is 8.84. The number of benzene rings is 1. The third kappa shape index (κ3) is 3.56. The number of nitrogens with zero attached hydrogens (tertiary/aromatic N) is 1. The van der Waals surface area contributed by atoms with E-state index < -0.39 is 16.0 Å². The average molecular weight is 332 g/mol. The van der Waals surface area contributed by atoms with Crippen molar-refractivity contribution in [1.82, 2.24) is 4.31 Å². The Balaban J connectivity index is 2.22. The van der Waals surface area contributed by atoms with Crippen LogP contribution in [0.3, 0.4) is 0 Å². The minimum atomic E-state index is -3.64. The van der Waals surface area contributed by atoms with Crippen LogP contribution in [-0.2, 0) is 10.0 Å². The summed E-state index contributed by atoms with van der Waals surface area (Å²) < 4.78 is 26.3. The Morgan fingerprint density at radius 1 is 1.38 bits per heavy atom. The van der Waals surface area contributed by atoms with Crippen LogP contribution in [0.25, 0.3) is 0 Å². The van der Waals surface area contributed by atoms with Gasteiger partial charge in [-0.1, -0.05) is 24.4 Å². The van der Waals surface area contributed by atoms with Gasteiger partial charge in [-0.2, -0.15) is 0 Å². The fourth-order valence-corrected chi connectivity index (χ4v) is 4.26. The normalized spacial score (nSPS) is 16.5. The highest BCUT2D eigenvalue weighted by molar-refractivity contribution is 7.89. The molecule has 0 unspecified atom stereocenters. The number of sulfonamides is 1. The van der Waals surface area contributed by atoms with Crippen molar-refractivity contribution in [3.63, 3.8) is 0 Å². The van der Waals surface area contributed by atoms with Crippen LogP contribution in [0.2, 0.25) is 5.02 Å². The topological polar surface area (TPSA) is 74.7 Å². The van der Waals surface area contributed by atoms with Crippen LogP contribution in [-0.4, -0.2) is 37.4 Å². The molecule has 0 spiro atoms. The summed E-state index contributed by atoms with van der Waals surface area (Å²) in [5.41, 5.74) is -0.103. The Morgan fingerprint density at radius 2 is 2.00 bits per heavy atom. The summed E-state index contributed by atoms with van der Waals surface area (Å²) in [6.07, 6.45) is 4.41. The van der Waals surface area contributed by atoms with Gasteiger partial charge in [-0.05, 0) is 37.0 Å². The molecule has 7 heteroatoms. The van der Waals surface area contributed by atoms with Crippen LogP contribution in [0.15, 0.2) is 23.1 Å². The SMILES string of the molecule is CN(CC1CCCC1)S(=O)(=O)c1ccc(C(=O)O)c(Cl)c1. The molecule has 1 aromatic rings. The lowest BCUT2D eigenvalue weighted by molar-refractivity contribution is 0.0697. The van der Waals surface area contributed by atoms with Gasteiger partial charge < -0.3 is 5.11 Å². The fourth-order valence-electron chi connectivity index (χ4n) is 2.66. The predicted octanol–water partition coefficient (Wildman–Crippen LogP) is 2.85. The van der Waals surface area contributed by atoms with E-state index in [9.17, 15) is 13.2 Å². The van der Waals surface area contributed by atoms with E-state index in [-0.39, 0.29) is 15.5 Å². The second-order valence-corrected chi connectivity index (χ2v) is 7.83. The van der Waals surface area contributed by atoms with Gasteiger partial charge in [0.25, 0.3) is 0 Å². The first-order valence-corrected chi connectivity index (χ1v) is 8.63. The molecule has 1 aliphatic carbocycles. The molecule has 5 nitrogen and oxygen atoms in total. The highest BCUT2D eigenvalue weighted by atomic mass is 35.5. The summed E-state index contributed by atoms with van der Waals surface area (Å²) in [5.74, 6) is -0.776. The van der Waals surface area contributed by atoms with E-state index in [1.54, 1.807) is 7.05 Å². The first-order valence-electron chi connectivity index (χ1n) is 6.81. The Morgan fingerprint density at radius 3 is 2.52 bits per heavy atom. The molecule has 0 aliphatic heterocycles. The summed E-state index contributed by atoms with van der Waals surface area (Å²) in [6.45, 7) is 0.487. The number of rotatable bonds is 5. The van der Waals surface area contributed by atoms with Crippen molar-refractivity contribution in [1.29, 1.82) is 0 Å². The summed E-state index contributed by atoms with van der Waals surface area (Å²) in [7, 11) is -2.09. The molecule has 21 heavy (non-hydrogen) atoms. The summed E-state index contributed by atoms with van der Waals surface area (Å²) in [6, 6.07) is 3.71. The number of halogens is 1. The van der Waals surface area contributed by atoms with Gasteiger partial charge in [-0.3, -0.25) is 0 Å². The Labute approximate surface area is 129 Å².